The first kappa shape index (κ1) is 22.1. The van der Waals surface area contributed by atoms with E-state index in [2.05, 4.69) is 29.4 Å². The smallest absolute Gasteiger partial charge is 0.254 e. The molecule has 0 radical (unpaired) electrons. The number of aromatic nitrogens is 2. The summed E-state index contributed by atoms with van der Waals surface area (Å²) in [5.74, 6) is 2.31. The molecule has 2 aliphatic heterocycles. The van der Waals surface area contributed by atoms with E-state index in [0.29, 0.717) is 17.2 Å². The normalized spacial score (nSPS) is 18.5. The van der Waals surface area contributed by atoms with Crippen molar-refractivity contribution in [1.82, 2.24) is 14.7 Å². The second kappa shape index (κ2) is 9.63. The molecule has 7 heteroatoms. The first-order valence-electron chi connectivity index (χ1n) is 12.0. The van der Waals surface area contributed by atoms with E-state index >= 15 is 0 Å². The van der Waals surface area contributed by atoms with Crippen LogP contribution in [0.3, 0.4) is 0 Å². The summed E-state index contributed by atoms with van der Waals surface area (Å²) < 4.78 is 7.94. The van der Waals surface area contributed by atoms with Crippen LogP contribution in [0, 0.1) is 5.92 Å². The number of benzene rings is 2. The predicted molar refractivity (Wildman–Crippen MR) is 134 cm³/mol. The van der Waals surface area contributed by atoms with Gasteiger partial charge in [0.05, 0.1) is 6.04 Å². The maximum absolute atomic E-state index is 12.5. The molecule has 0 bridgehead atoms. The number of primary amides is 1. The highest BCUT2D eigenvalue weighted by Gasteiger charge is 2.34. The molecule has 2 aromatic carbocycles. The van der Waals surface area contributed by atoms with E-state index in [1.165, 1.54) is 0 Å². The average Bonchev–Trinajstić information content (AvgIpc) is 3.26. The number of hydrogen-bond donors (Lipinski definition) is 2. The number of carbonyl (C=O) groups is 1. The van der Waals surface area contributed by atoms with E-state index in [-0.39, 0.29) is 6.04 Å². The zero-order valence-electron chi connectivity index (χ0n) is 19.5. The second-order valence-corrected chi connectivity index (χ2v) is 8.96. The Balaban J connectivity index is 1.42. The molecule has 3 heterocycles. The van der Waals surface area contributed by atoms with Crippen molar-refractivity contribution >= 4 is 11.7 Å². The Morgan fingerprint density at radius 2 is 1.76 bits per heavy atom. The van der Waals surface area contributed by atoms with Crippen molar-refractivity contribution in [2.45, 2.75) is 32.2 Å². The number of nitrogens with zero attached hydrogens (tertiary/aromatic N) is 3. The standard InChI is InChI=1S/C27H31N5O2/c1-2-16-31-17-13-19(14-18-31)23-12-15-29-27-24(26(28)33)25(30-32(23)27)20-8-10-22(11-9-20)34-21-6-4-3-5-7-21/h2-11,16,19,23,29H,12-15,17-18H2,1H3,(H2,28,33). The molecule has 0 spiro atoms. The van der Waals surface area contributed by atoms with E-state index in [4.69, 9.17) is 15.6 Å². The van der Waals surface area contributed by atoms with Crippen LogP contribution in [0.4, 0.5) is 5.82 Å². The number of likely N-dealkylation sites (tertiary alicyclic amines) is 1. The molecule has 34 heavy (non-hydrogen) atoms. The number of hydrogen-bond acceptors (Lipinski definition) is 5. The predicted octanol–water partition coefficient (Wildman–Crippen LogP) is 5.04. The number of ether oxygens (including phenoxy) is 1. The van der Waals surface area contributed by atoms with Crippen molar-refractivity contribution < 1.29 is 9.53 Å². The molecule has 3 aromatic rings. The van der Waals surface area contributed by atoms with Crippen molar-refractivity contribution in [3.05, 3.63) is 72.4 Å². The molecule has 1 fully saturated rings. The quantitative estimate of drug-likeness (QED) is 0.541. The Morgan fingerprint density at radius 3 is 2.44 bits per heavy atom. The molecular weight excluding hydrogens is 426 g/mol. The summed E-state index contributed by atoms with van der Waals surface area (Å²) in [6, 6.07) is 17.6. The lowest BCUT2D eigenvalue weighted by molar-refractivity contribution is 0.100. The van der Waals surface area contributed by atoms with E-state index in [9.17, 15) is 4.79 Å². The maximum atomic E-state index is 12.5. The molecule has 1 amide bonds. The zero-order valence-corrected chi connectivity index (χ0v) is 19.5. The van der Waals surface area contributed by atoms with Crippen LogP contribution in [0.25, 0.3) is 11.3 Å². The Hall–Kier alpha value is -3.74. The number of nitrogens with one attached hydrogen (secondary N) is 1. The molecule has 7 nitrogen and oxygen atoms in total. The first-order chi connectivity index (χ1) is 16.6. The number of amides is 1. The van der Waals surface area contributed by atoms with Gasteiger partial charge in [0.1, 0.15) is 28.6 Å². The third kappa shape index (κ3) is 4.38. The van der Waals surface area contributed by atoms with Gasteiger partial charge in [0.25, 0.3) is 5.91 Å². The minimum absolute atomic E-state index is 0.261. The largest absolute Gasteiger partial charge is 0.457 e. The summed E-state index contributed by atoms with van der Waals surface area (Å²) in [6.07, 6.45) is 7.48. The van der Waals surface area contributed by atoms with Gasteiger partial charge in [-0.1, -0.05) is 24.3 Å². The number of anilines is 1. The Kier molecular flexibility index (Phi) is 6.25. The van der Waals surface area contributed by atoms with Crippen molar-refractivity contribution in [2.24, 2.45) is 11.7 Å². The highest BCUT2D eigenvalue weighted by molar-refractivity contribution is 6.03. The Morgan fingerprint density at radius 1 is 1.06 bits per heavy atom. The van der Waals surface area contributed by atoms with Crippen molar-refractivity contribution in [1.29, 1.82) is 0 Å². The Labute approximate surface area is 200 Å². The SMILES string of the molecule is CC=CN1CCC(C2CCNc3c(C(N)=O)c(-c4ccc(Oc5ccccc5)cc4)nn32)CC1. The van der Waals surface area contributed by atoms with Crippen molar-refractivity contribution in [3.63, 3.8) is 0 Å². The summed E-state index contributed by atoms with van der Waals surface area (Å²) >= 11 is 0. The van der Waals surface area contributed by atoms with Crippen LogP contribution in [0.1, 0.15) is 42.6 Å². The van der Waals surface area contributed by atoms with Crippen LogP contribution in [0.15, 0.2) is 66.9 Å². The lowest BCUT2D eigenvalue weighted by Crippen LogP contribution is -2.37. The van der Waals surface area contributed by atoms with E-state index in [1.54, 1.807) is 0 Å². The highest BCUT2D eigenvalue weighted by atomic mass is 16.5. The Bertz CT molecular complexity index is 1160. The number of piperidine rings is 1. The van der Waals surface area contributed by atoms with Gasteiger partial charge in [0.2, 0.25) is 0 Å². The summed E-state index contributed by atoms with van der Waals surface area (Å²) in [6.45, 7) is 4.97. The van der Waals surface area contributed by atoms with Gasteiger partial charge < -0.3 is 20.7 Å². The number of allylic oxidation sites excluding steroid dienone is 1. The summed E-state index contributed by atoms with van der Waals surface area (Å²) in [7, 11) is 0. The van der Waals surface area contributed by atoms with Crippen LogP contribution in [-0.4, -0.2) is 40.2 Å². The monoisotopic (exact) mass is 457 g/mol. The number of nitrogens with two attached hydrogens (primary N) is 1. The third-order valence-electron chi connectivity index (χ3n) is 6.79. The zero-order chi connectivity index (χ0) is 23.5. The molecule has 1 aromatic heterocycles. The lowest BCUT2D eigenvalue weighted by atomic mass is 9.87. The highest BCUT2D eigenvalue weighted by Crippen LogP contribution is 2.40. The number of fused-ring (bicyclic) bond motifs is 1. The van der Waals surface area contributed by atoms with Gasteiger partial charge in [-0.2, -0.15) is 5.10 Å². The lowest BCUT2D eigenvalue weighted by Gasteiger charge is -2.38. The van der Waals surface area contributed by atoms with E-state index in [0.717, 1.165) is 61.8 Å². The van der Waals surface area contributed by atoms with Gasteiger partial charge in [-0.3, -0.25) is 4.79 Å². The summed E-state index contributed by atoms with van der Waals surface area (Å²) in [4.78, 5) is 14.9. The van der Waals surface area contributed by atoms with Crippen LogP contribution in [0.2, 0.25) is 0 Å². The molecular formula is C27H31N5O2. The number of para-hydroxylation sites is 1. The number of carbonyl (C=O) groups excluding carboxylic acids is 1. The fourth-order valence-corrected chi connectivity index (χ4v) is 5.14. The average molecular weight is 458 g/mol. The van der Waals surface area contributed by atoms with Gasteiger partial charge in [0.15, 0.2) is 0 Å². The van der Waals surface area contributed by atoms with Crippen LogP contribution in [0.5, 0.6) is 11.5 Å². The van der Waals surface area contributed by atoms with Gasteiger partial charge in [-0.15, -0.1) is 0 Å². The molecule has 2 aliphatic rings. The van der Waals surface area contributed by atoms with Crippen LogP contribution >= 0.6 is 0 Å². The maximum Gasteiger partial charge on any atom is 0.254 e. The van der Waals surface area contributed by atoms with Crippen molar-refractivity contribution in [2.75, 3.05) is 25.0 Å². The van der Waals surface area contributed by atoms with Crippen LogP contribution < -0.4 is 15.8 Å². The minimum atomic E-state index is -0.461. The molecule has 3 N–H and O–H groups in total. The fraction of sp³-hybridized carbons (Fsp3) is 0.333. The molecule has 1 unspecified atom stereocenters. The molecule has 1 saturated heterocycles. The van der Waals surface area contributed by atoms with E-state index < -0.39 is 5.91 Å². The second-order valence-electron chi connectivity index (χ2n) is 8.96. The molecule has 1 atom stereocenters. The van der Waals surface area contributed by atoms with Gasteiger partial charge in [-0.05, 0) is 74.7 Å². The first-order valence-corrected chi connectivity index (χ1v) is 12.0. The topological polar surface area (TPSA) is 85.4 Å². The molecule has 5 rings (SSSR count). The fourth-order valence-electron chi connectivity index (χ4n) is 5.14. The minimum Gasteiger partial charge on any atom is -0.457 e. The molecule has 176 valence electrons. The van der Waals surface area contributed by atoms with Gasteiger partial charge >= 0.3 is 0 Å². The molecule has 0 aliphatic carbocycles. The van der Waals surface area contributed by atoms with Gasteiger partial charge in [0, 0.05) is 25.2 Å². The number of rotatable bonds is 6. The summed E-state index contributed by atoms with van der Waals surface area (Å²) in [5, 5.41) is 8.35. The molecule has 0 saturated carbocycles. The van der Waals surface area contributed by atoms with Crippen molar-refractivity contribution in [3.8, 4) is 22.8 Å². The third-order valence-corrected chi connectivity index (χ3v) is 6.79. The van der Waals surface area contributed by atoms with Crippen LogP contribution in [-0.2, 0) is 0 Å². The van der Waals surface area contributed by atoms with Gasteiger partial charge in [-0.25, -0.2) is 4.68 Å². The van der Waals surface area contributed by atoms with E-state index in [1.807, 2.05) is 59.3 Å². The summed E-state index contributed by atoms with van der Waals surface area (Å²) in [5.41, 5.74) is 7.79.